The molecule has 27 heavy (non-hydrogen) atoms. The first kappa shape index (κ1) is 20.0. The molecule has 0 fully saturated rings. The summed E-state index contributed by atoms with van der Waals surface area (Å²) in [4.78, 5) is 35.3. The Labute approximate surface area is 157 Å². The summed E-state index contributed by atoms with van der Waals surface area (Å²) in [5, 5.41) is 5.29. The lowest BCUT2D eigenvalue weighted by Gasteiger charge is -2.14. The molecular formula is C20H22N2O5. The Morgan fingerprint density at radius 3 is 2.00 bits per heavy atom. The van der Waals surface area contributed by atoms with Crippen molar-refractivity contribution in [3.8, 4) is 5.75 Å². The van der Waals surface area contributed by atoms with Gasteiger partial charge in [0.1, 0.15) is 5.75 Å². The molecule has 7 heteroatoms. The van der Waals surface area contributed by atoms with Gasteiger partial charge in [-0.1, -0.05) is 0 Å². The SMILES string of the molecule is CCOc1ccc(C(=O)O[C@H](C)C(=O)Nc2ccc(NC(C)=O)cc2)cc1. The number of anilines is 2. The fraction of sp³-hybridized carbons (Fsp3) is 0.250. The molecule has 0 saturated heterocycles. The lowest BCUT2D eigenvalue weighted by atomic mass is 10.2. The molecule has 142 valence electrons. The number of hydrogen-bond donors (Lipinski definition) is 2. The van der Waals surface area contributed by atoms with Crippen molar-refractivity contribution in [1.29, 1.82) is 0 Å². The van der Waals surface area contributed by atoms with Gasteiger partial charge in [-0.25, -0.2) is 4.79 Å². The van der Waals surface area contributed by atoms with Crippen LogP contribution < -0.4 is 15.4 Å². The summed E-state index contributed by atoms with van der Waals surface area (Å²) < 4.78 is 10.5. The molecule has 0 heterocycles. The molecular weight excluding hydrogens is 348 g/mol. The summed E-state index contributed by atoms with van der Waals surface area (Å²) in [6.45, 7) is 5.31. The van der Waals surface area contributed by atoms with Crippen molar-refractivity contribution in [3.63, 3.8) is 0 Å². The highest BCUT2D eigenvalue weighted by atomic mass is 16.5. The van der Waals surface area contributed by atoms with Crippen LogP contribution in [0, 0.1) is 0 Å². The summed E-state index contributed by atoms with van der Waals surface area (Å²) in [7, 11) is 0. The zero-order valence-corrected chi connectivity index (χ0v) is 15.4. The van der Waals surface area contributed by atoms with Crippen LogP contribution in [0.2, 0.25) is 0 Å². The zero-order valence-electron chi connectivity index (χ0n) is 15.4. The molecule has 2 N–H and O–H groups in total. The van der Waals surface area contributed by atoms with E-state index in [2.05, 4.69) is 10.6 Å². The zero-order chi connectivity index (χ0) is 19.8. The highest BCUT2D eigenvalue weighted by molar-refractivity contribution is 5.97. The summed E-state index contributed by atoms with van der Waals surface area (Å²) in [5.41, 5.74) is 1.48. The van der Waals surface area contributed by atoms with Gasteiger partial charge in [0.25, 0.3) is 5.91 Å². The summed E-state index contributed by atoms with van der Waals surface area (Å²) in [6, 6.07) is 13.1. The lowest BCUT2D eigenvalue weighted by Crippen LogP contribution is -2.30. The average Bonchev–Trinajstić information content (AvgIpc) is 2.63. The molecule has 7 nitrogen and oxygen atoms in total. The van der Waals surface area contributed by atoms with Gasteiger partial charge in [-0.05, 0) is 62.4 Å². The molecule has 0 aliphatic carbocycles. The maximum atomic E-state index is 12.2. The second kappa shape index (κ2) is 9.38. The normalized spacial score (nSPS) is 11.2. The van der Waals surface area contributed by atoms with Crippen LogP contribution in [0.3, 0.4) is 0 Å². The van der Waals surface area contributed by atoms with Gasteiger partial charge in [0.15, 0.2) is 6.10 Å². The maximum absolute atomic E-state index is 12.2. The molecule has 0 bridgehead atoms. The van der Waals surface area contributed by atoms with E-state index in [9.17, 15) is 14.4 Å². The predicted octanol–water partition coefficient (Wildman–Crippen LogP) is 3.23. The molecule has 0 radical (unpaired) electrons. The number of esters is 1. The quantitative estimate of drug-likeness (QED) is 0.730. The monoisotopic (exact) mass is 370 g/mol. The molecule has 0 unspecified atom stereocenters. The van der Waals surface area contributed by atoms with Gasteiger partial charge in [-0.2, -0.15) is 0 Å². The first-order valence-corrected chi connectivity index (χ1v) is 8.51. The number of rotatable bonds is 7. The van der Waals surface area contributed by atoms with E-state index in [0.29, 0.717) is 29.3 Å². The molecule has 1 atom stereocenters. The first-order valence-electron chi connectivity index (χ1n) is 8.51. The Hall–Kier alpha value is -3.35. The summed E-state index contributed by atoms with van der Waals surface area (Å²) >= 11 is 0. The van der Waals surface area contributed by atoms with Crippen LogP contribution in [0.5, 0.6) is 5.75 Å². The summed E-state index contributed by atoms with van der Waals surface area (Å²) in [6.07, 6.45) is -0.973. The molecule has 2 amide bonds. The van der Waals surface area contributed by atoms with Crippen molar-refractivity contribution < 1.29 is 23.9 Å². The molecule has 0 aliphatic rings. The Bertz CT molecular complexity index is 800. The number of benzene rings is 2. The average molecular weight is 370 g/mol. The fourth-order valence-electron chi connectivity index (χ4n) is 2.22. The Kier molecular flexibility index (Phi) is 6.93. The van der Waals surface area contributed by atoms with E-state index < -0.39 is 18.0 Å². The first-order chi connectivity index (χ1) is 12.9. The van der Waals surface area contributed by atoms with Gasteiger partial charge in [-0.3, -0.25) is 9.59 Å². The number of carbonyl (C=O) groups excluding carboxylic acids is 3. The topological polar surface area (TPSA) is 93.7 Å². The van der Waals surface area contributed by atoms with Crippen molar-refractivity contribution in [1.82, 2.24) is 0 Å². The van der Waals surface area contributed by atoms with Crippen molar-refractivity contribution in [2.45, 2.75) is 26.9 Å². The minimum atomic E-state index is -0.973. The number of carbonyl (C=O) groups is 3. The largest absolute Gasteiger partial charge is 0.494 e. The van der Waals surface area contributed by atoms with Crippen LogP contribution in [0.15, 0.2) is 48.5 Å². The van der Waals surface area contributed by atoms with E-state index in [0.717, 1.165) is 0 Å². The van der Waals surface area contributed by atoms with Crippen LogP contribution in [0.25, 0.3) is 0 Å². The lowest BCUT2D eigenvalue weighted by molar-refractivity contribution is -0.123. The molecule has 0 saturated carbocycles. The number of nitrogens with one attached hydrogen (secondary N) is 2. The van der Waals surface area contributed by atoms with E-state index in [-0.39, 0.29) is 5.91 Å². The van der Waals surface area contributed by atoms with Crippen LogP contribution >= 0.6 is 0 Å². The minimum absolute atomic E-state index is 0.179. The van der Waals surface area contributed by atoms with Gasteiger partial charge in [0.2, 0.25) is 5.91 Å². The molecule has 0 aromatic heterocycles. The molecule has 2 rings (SSSR count). The molecule has 2 aromatic carbocycles. The fourth-order valence-corrected chi connectivity index (χ4v) is 2.22. The van der Waals surface area contributed by atoms with Crippen LogP contribution in [-0.2, 0) is 14.3 Å². The van der Waals surface area contributed by atoms with Crippen LogP contribution in [-0.4, -0.2) is 30.5 Å². The second-order valence-electron chi connectivity index (χ2n) is 5.75. The standard InChI is InChI=1S/C20H22N2O5/c1-4-26-18-11-5-15(6-12-18)20(25)27-13(2)19(24)22-17-9-7-16(8-10-17)21-14(3)23/h5-13H,4H2,1-3H3,(H,21,23)(H,22,24)/t13-/m1/s1. The Morgan fingerprint density at radius 1 is 0.926 bits per heavy atom. The number of hydrogen-bond acceptors (Lipinski definition) is 5. The molecule has 0 aliphatic heterocycles. The van der Waals surface area contributed by atoms with E-state index in [4.69, 9.17) is 9.47 Å². The predicted molar refractivity (Wildman–Crippen MR) is 102 cm³/mol. The van der Waals surface area contributed by atoms with Gasteiger partial charge in [0.05, 0.1) is 12.2 Å². The minimum Gasteiger partial charge on any atom is -0.494 e. The summed E-state index contributed by atoms with van der Waals surface area (Å²) in [5.74, 6) is -0.576. The van der Waals surface area contributed by atoms with Gasteiger partial charge in [-0.15, -0.1) is 0 Å². The van der Waals surface area contributed by atoms with Crippen LogP contribution in [0.1, 0.15) is 31.1 Å². The molecule has 0 spiro atoms. The van der Waals surface area contributed by atoms with Crippen molar-refractivity contribution >= 4 is 29.2 Å². The third-order valence-corrected chi connectivity index (χ3v) is 3.53. The number of ether oxygens (including phenoxy) is 2. The third kappa shape index (κ3) is 6.14. The van der Waals surface area contributed by atoms with E-state index >= 15 is 0 Å². The van der Waals surface area contributed by atoms with Crippen molar-refractivity contribution in [2.75, 3.05) is 17.2 Å². The van der Waals surface area contributed by atoms with Gasteiger partial charge >= 0.3 is 5.97 Å². The van der Waals surface area contributed by atoms with Crippen LogP contribution in [0.4, 0.5) is 11.4 Å². The van der Waals surface area contributed by atoms with E-state index in [1.165, 1.54) is 13.8 Å². The number of amides is 2. The van der Waals surface area contributed by atoms with Crippen molar-refractivity contribution in [3.05, 3.63) is 54.1 Å². The smallest absolute Gasteiger partial charge is 0.338 e. The van der Waals surface area contributed by atoms with Gasteiger partial charge < -0.3 is 20.1 Å². The van der Waals surface area contributed by atoms with Crippen molar-refractivity contribution in [2.24, 2.45) is 0 Å². The van der Waals surface area contributed by atoms with E-state index in [1.807, 2.05) is 6.92 Å². The molecule has 2 aromatic rings. The second-order valence-corrected chi connectivity index (χ2v) is 5.75. The highest BCUT2D eigenvalue weighted by Crippen LogP contribution is 2.16. The van der Waals surface area contributed by atoms with E-state index in [1.54, 1.807) is 48.5 Å². The Balaban J connectivity index is 1.90. The van der Waals surface area contributed by atoms with Gasteiger partial charge in [0, 0.05) is 18.3 Å². The maximum Gasteiger partial charge on any atom is 0.338 e. The Morgan fingerprint density at radius 2 is 1.48 bits per heavy atom. The highest BCUT2D eigenvalue weighted by Gasteiger charge is 2.19. The third-order valence-electron chi connectivity index (χ3n) is 3.53.